The number of carbonyl (C=O) groups is 1. The van der Waals surface area contributed by atoms with E-state index < -0.39 is 17.1 Å². The van der Waals surface area contributed by atoms with Crippen LogP contribution in [-0.4, -0.2) is 16.2 Å². The summed E-state index contributed by atoms with van der Waals surface area (Å²) < 4.78 is 11.8. The fourth-order valence-corrected chi connectivity index (χ4v) is 3.05. The van der Waals surface area contributed by atoms with Gasteiger partial charge in [-0.1, -0.05) is 42.5 Å². The van der Waals surface area contributed by atoms with E-state index in [2.05, 4.69) is 0 Å². The molecule has 1 amide bonds. The van der Waals surface area contributed by atoms with Crippen LogP contribution in [0.3, 0.4) is 0 Å². The molecule has 0 aliphatic heterocycles. The van der Waals surface area contributed by atoms with E-state index in [9.17, 15) is 9.35 Å². The van der Waals surface area contributed by atoms with E-state index in [0.717, 1.165) is 16.7 Å². The maximum atomic E-state index is 11.8. The molecule has 0 aromatic heterocycles. The van der Waals surface area contributed by atoms with E-state index in [0.29, 0.717) is 5.75 Å². The third-order valence-electron chi connectivity index (χ3n) is 3.02. The third-order valence-corrected chi connectivity index (χ3v) is 4.28. The third kappa shape index (κ3) is 3.85. The average molecular weight is 287 g/mol. The molecule has 1 unspecified atom stereocenters. The number of rotatable bonds is 5. The highest BCUT2D eigenvalue weighted by Gasteiger charge is 2.12. The summed E-state index contributed by atoms with van der Waals surface area (Å²) >= 11 is -1.25. The second-order valence-electron chi connectivity index (χ2n) is 4.71. The molecule has 0 saturated carbocycles. The van der Waals surface area contributed by atoms with Crippen LogP contribution >= 0.6 is 0 Å². The molecule has 0 saturated heterocycles. The Hall–Kier alpha value is -1.78. The van der Waals surface area contributed by atoms with Crippen molar-refractivity contribution in [2.45, 2.75) is 12.7 Å². The highest BCUT2D eigenvalue weighted by Crippen LogP contribution is 2.25. The molecule has 0 heterocycles. The topological polar surface area (TPSA) is 66.2 Å². The number of aryl methyl sites for hydroxylation is 1. The summed E-state index contributed by atoms with van der Waals surface area (Å²) in [5, 5.41) is 0. The lowest BCUT2D eigenvalue weighted by molar-refractivity contribution is -0.115. The van der Waals surface area contributed by atoms with Gasteiger partial charge in [0, 0.05) is 5.56 Å². The van der Waals surface area contributed by atoms with Crippen LogP contribution in [0.5, 0.6) is 0 Å². The predicted molar refractivity (Wildman–Crippen MR) is 82.5 cm³/mol. The van der Waals surface area contributed by atoms with Gasteiger partial charge in [-0.25, -0.2) is 0 Å². The van der Waals surface area contributed by atoms with Crippen LogP contribution in [0.15, 0.2) is 48.5 Å². The van der Waals surface area contributed by atoms with Crippen molar-refractivity contribution in [3.05, 3.63) is 59.7 Å². The summed E-state index contributed by atoms with van der Waals surface area (Å²) in [5.74, 6) is -0.267. The molecule has 0 aliphatic rings. The summed E-state index contributed by atoms with van der Waals surface area (Å²) in [7, 11) is 0. The highest BCUT2D eigenvalue weighted by molar-refractivity contribution is 7.91. The van der Waals surface area contributed by atoms with E-state index in [1.165, 1.54) is 5.56 Å². The van der Waals surface area contributed by atoms with Gasteiger partial charge in [0.25, 0.3) is 5.91 Å². The smallest absolute Gasteiger partial charge is 0.267 e. The molecule has 4 heteroatoms. The maximum Gasteiger partial charge on any atom is 0.267 e. The fourth-order valence-electron chi connectivity index (χ4n) is 2.08. The lowest BCUT2D eigenvalue weighted by atomic mass is 9.99. The first-order valence-corrected chi connectivity index (χ1v) is 7.83. The fraction of sp³-hybridized carbons (Fsp3) is 0.188. The number of hydrogen-bond acceptors (Lipinski definition) is 2. The SMILES string of the molecule is Cc1ccc(C[S+]([O-])CC(N)=O)cc1-c1ccccc1. The van der Waals surface area contributed by atoms with Crippen LogP contribution in [0.4, 0.5) is 0 Å². The Labute approximate surface area is 122 Å². The second kappa shape index (κ2) is 6.59. The van der Waals surface area contributed by atoms with Gasteiger partial charge >= 0.3 is 0 Å². The second-order valence-corrected chi connectivity index (χ2v) is 6.17. The highest BCUT2D eigenvalue weighted by atomic mass is 32.2. The van der Waals surface area contributed by atoms with Gasteiger partial charge in [0.1, 0.15) is 5.75 Å². The largest absolute Gasteiger partial charge is 0.616 e. The Balaban J connectivity index is 2.23. The van der Waals surface area contributed by atoms with Gasteiger partial charge in [0.2, 0.25) is 0 Å². The number of carbonyl (C=O) groups excluding carboxylic acids is 1. The molecule has 1 atom stereocenters. The number of primary amides is 1. The average Bonchev–Trinajstić information content (AvgIpc) is 2.41. The Morgan fingerprint density at radius 3 is 2.55 bits per heavy atom. The summed E-state index contributed by atoms with van der Waals surface area (Å²) in [6.45, 7) is 2.05. The molecule has 0 radical (unpaired) electrons. The number of amides is 1. The quantitative estimate of drug-likeness (QED) is 0.858. The predicted octanol–water partition coefficient (Wildman–Crippen LogP) is 2.40. The molecule has 3 nitrogen and oxygen atoms in total. The molecule has 0 bridgehead atoms. The molecule has 2 aromatic rings. The first-order chi connectivity index (χ1) is 9.56. The van der Waals surface area contributed by atoms with Crippen molar-refractivity contribution in [1.82, 2.24) is 0 Å². The molecule has 0 fully saturated rings. The van der Waals surface area contributed by atoms with Crippen molar-refractivity contribution in [3.8, 4) is 11.1 Å². The molecule has 2 aromatic carbocycles. The van der Waals surface area contributed by atoms with Crippen LogP contribution < -0.4 is 5.73 Å². The summed E-state index contributed by atoms with van der Waals surface area (Å²) in [4.78, 5) is 10.8. The van der Waals surface area contributed by atoms with Crippen molar-refractivity contribution in [2.24, 2.45) is 5.73 Å². The Kier molecular flexibility index (Phi) is 4.82. The standard InChI is InChI=1S/C16H17NO2S/c1-12-7-8-13(10-20(19)11-16(17)18)9-15(12)14-5-3-2-4-6-14/h2-9H,10-11H2,1H3,(H2,17,18). The van der Waals surface area contributed by atoms with Gasteiger partial charge in [0.05, 0.1) is 0 Å². The van der Waals surface area contributed by atoms with E-state index >= 15 is 0 Å². The zero-order valence-electron chi connectivity index (χ0n) is 11.3. The zero-order valence-corrected chi connectivity index (χ0v) is 12.2. The monoisotopic (exact) mass is 287 g/mol. The van der Waals surface area contributed by atoms with Crippen molar-refractivity contribution < 1.29 is 9.35 Å². The van der Waals surface area contributed by atoms with Crippen LogP contribution in [0, 0.1) is 6.92 Å². The van der Waals surface area contributed by atoms with Gasteiger partial charge in [-0.05, 0) is 40.9 Å². The van der Waals surface area contributed by atoms with E-state index in [1.54, 1.807) is 0 Å². The number of benzene rings is 2. The van der Waals surface area contributed by atoms with Crippen LogP contribution in [-0.2, 0) is 21.7 Å². The van der Waals surface area contributed by atoms with Gasteiger partial charge in [-0.3, -0.25) is 4.79 Å². The van der Waals surface area contributed by atoms with E-state index in [1.807, 2.05) is 55.5 Å². The zero-order chi connectivity index (χ0) is 14.5. The molecular formula is C16H17NO2S. The minimum atomic E-state index is -1.25. The van der Waals surface area contributed by atoms with Gasteiger partial charge in [-0.2, -0.15) is 0 Å². The molecule has 0 spiro atoms. The van der Waals surface area contributed by atoms with E-state index in [4.69, 9.17) is 5.73 Å². The Morgan fingerprint density at radius 2 is 1.90 bits per heavy atom. The molecule has 2 N–H and O–H groups in total. The minimum absolute atomic E-state index is 0.0887. The van der Waals surface area contributed by atoms with Gasteiger partial charge in [-0.15, -0.1) is 0 Å². The lowest BCUT2D eigenvalue weighted by Gasteiger charge is -2.12. The van der Waals surface area contributed by atoms with Crippen molar-refractivity contribution in [1.29, 1.82) is 0 Å². The molecular weight excluding hydrogens is 270 g/mol. The summed E-state index contributed by atoms with van der Waals surface area (Å²) in [6.07, 6.45) is 0. The number of nitrogens with two attached hydrogens (primary N) is 1. The van der Waals surface area contributed by atoms with Crippen LogP contribution in [0.25, 0.3) is 11.1 Å². The Morgan fingerprint density at radius 1 is 1.20 bits per heavy atom. The van der Waals surface area contributed by atoms with Gasteiger partial charge < -0.3 is 10.3 Å². The molecule has 0 aliphatic carbocycles. The minimum Gasteiger partial charge on any atom is -0.616 e. The summed E-state index contributed by atoms with van der Waals surface area (Å²) in [5.41, 5.74) is 9.44. The molecule has 20 heavy (non-hydrogen) atoms. The number of hydrogen-bond donors (Lipinski definition) is 1. The Bertz CT molecular complexity index is 599. The molecule has 2 rings (SSSR count). The molecule has 104 valence electrons. The normalized spacial score (nSPS) is 12.1. The first kappa shape index (κ1) is 14.6. The van der Waals surface area contributed by atoms with E-state index in [-0.39, 0.29) is 5.75 Å². The van der Waals surface area contributed by atoms with Crippen molar-refractivity contribution in [3.63, 3.8) is 0 Å². The van der Waals surface area contributed by atoms with Gasteiger partial charge in [0.15, 0.2) is 5.75 Å². The first-order valence-electron chi connectivity index (χ1n) is 6.34. The van der Waals surface area contributed by atoms with Crippen molar-refractivity contribution >= 4 is 17.1 Å². The van der Waals surface area contributed by atoms with Crippen molar-refractivity contribution in [2.75, 3.05) is 5.75 Å². The van der Waals surface area contributed by atoms with Crippen LogP contribution in [0.2, 0.25) is 0 Å². The van der Waals surface area contributed by atoms with Crippen LogP contribution in [0.1, 0.15) is 11.1 Å². The lowest BCUT2D eigenvalue weighted by Crippen LogP contribution is -2.24. The summed E-state index contributed by atoms with van der Waals surface area (Å²) in [6, 6.07) is 16.0. The maximum absolute atomic E-state index is 11.8.